The summed E-state index contributed by atoms with van der Waals surface area (Å²) in [6, 6.07) is 14.9. The van der Waals surface area contributed by atoms with Gasteiger partial charge in [0.05, 0.1) is 12.6 Å². The number of benzene rings is 2. The molecule has 0 saturated heterocycles. The summed E-state index contributed by atoms with van der Waals surface area (Å²) in [5.41, 5.74) is 0.382. The van der Waals surface area contributed by atoms with Crippen molar-refractivity contribution in [2.24, 2.45) is 0 Å². The van der Waals surface area contributed by atoms with Crippen molar-refractivity contribution in [2.45, 2.75) is 4.90 Å². The van der Waals surface area contributed by atoms with Crippen LogP contribution in [-0.4, -0.2) is 20.5 Å². The summed E-state index contributed by atoms with van der Waals surface area (Å²) in [4.78, 5) is 4.17. The van der Waals surface area contributed by atoms with Crippen molar-refractivity contribution in [3.63, 3.8) is 0 Å². The first-order chi connectivity index (χ1) is 10.6. The number of pyridine rings is 1. The standard InChI is InChI=1S/C16H13NO4S/c1-20-13-7-3-8-14(11-13)21-22(18,19)15-9-2-5-12-6-4-10-17-16(12)15/h2-11H,1H3. The first-order valence-corrected chi connectivity index (χ1v) is 7.93. The predicted molar refractivity (Wildman–Crippen MR) is 82.6 cm³/mol. The molecule has 0 atom stereocenters. The Bertz CT molecular complexity index is 917. The van der Waals surface area contributed by atoms with Gasteiger partial charge in [-0.3, -0.25) is 4.98 Å². The zero-order valence-electron chi connectivity index (χ0n) is 11.8. The lowest BCUT2D eigenvalue weighted by atomic mass is 10.2. The van der Waals surface area contributed by atoms with Crippen molar-refractivity contribution in [1.29, 1.82) is 0 Å². The van der Waals surface area contributed by atoms with Crippen LogP contribution in [0.15, 0.2) is 65.7 Å². The molecular weight excluding hydrogens is 302 g/mol. The average molecular weight is 315 g/mol. The number of ether oxygens (including phenoxy) is 1. The highest BCUT2D eigenvalue weighted by molar-refractivity contribution is 7.87. The highest BCUT2D eigenvalue weighted by Gasteiger charge is 2.20. The van der Waals surface area contributed by atoms with E-state index in [1.807, 2.05) is 0 Å². The van der Waals surface area contributed by atoms with Crippen LogP contribution < -0.4 is 8.92 Å². The van der Waals surface area contributed by atoms with E-state index < -0.39 is 10.1 Å². The second kappa shape index (κ2) is 5.65. The van der Waals surface area contributed by atoms with Crippen molar-refractivity contribution in [3.8, 4) is 11.5 Å². The molecule has 0 spiro atoms. The molecule has 0 aliphatic rings. The molecule has 0 bridgehead atoms. The van der Waals surface area contributed by atoms with Gasteiger partial charge < -0.3 is 8.92 Å². The summed E-state index contributed by atoms with van der Waals surface area (Å²) < 4.78 is 35.3. The fourth-order valence-electron chi connectivity index (χ4n) is 2.10. The van der Waals surface area contributed by atoms with E-state index in [0.717, 1.165) is 5.39 Å². The molecule has 1 heterocycles. The van der Waals surface area contributed by atoms with Crippen molar-refractivity contribution in [1.82, 2.24) is 4.98 Å². The van der Waals surface area contributed by atoms with Gasteiger partial charge in [-0.15, -0.1) is 0 Å². The maximum Gasteiger partial charge on any atom is 0.341 e. The van der Waals surface area contributed by atoms with Gasteiger partial charge in [0.1, 0.15) is 16.4 Å². The summed E-state index contributed by atoms with van der Waals surface area (Å²) in [5, 5.41) is 0.734. The zero-order valence-corrected chi connectivity index (χ0v) is 12.6. The van der Waals surface area contributed by atoms with E-state index in [0.29, 0.717) is 11.3 Å². The van der Waals surface area contributed by atoms with Crippen molar-refractivity contribution in [3.05, 3.63) is 60.8 Å². The van der Waals surface area contributed by atoms with Gasteiger partial charge in [0.15, 0.2) is 0 Å². The molecule has 112 valence electrons. The molecule has 2 aromatic carbocycles. The third-order valence-corrected chi connectivity index (χ3v) is 4.39. The Morgan fingerprint density at radius 3 is 2.50 bits per heavy atom. The number of hydrogen-bond donors (Lipinski definition) is 0. The quantitative estimate of drug-likeness (QED) is 0.692. The SMILES string of the molecule is COc1cccc(OS(=O)(=O)c2cccc3cccnc23)c1. The molecule has 1 aromatic heterocycles. The largest absolute Gasteiger partial charge is 0.497 e. The molecule has 5 nitrogen and oxygen atoms in total. The molecule has 0 unspecified atom stereocenters. The van der Waals surface area contributed by atoms with E-state index >= 15 is 0 Å². The maximum atomic E-state index is 12.5. The van der Waals surface area contributed by atoms with Crippen LogP contribution in [0.3, 0.4) is 0 Å². The van der Waals surface area contributed by atoms with Crippen LogP contribution in [0.2, 0.25) is 0 Å². The third-order valence-electron chi connectivity index (χ3n) is 3.11. The van der Waals surface area contributed by atoms with Gasteiger partial charge in [0.2, 0.25) is 0 Å². The number of aromatic nitrogens is 1. The summed E-state index contributed by atoms with van der Waals surface area (Å²) in [6.07, 6.45) is 1.55. The monoisotopic (exact) mass is 315 g/mol. The van der Waals surface area contributed by atoms with Crippen molar-refractivity contribution >= 4 is 21.0 Å². The van der Waals surface area contributed by atoms with Crippen LogP contribution in [0, 0.1) is 0 Å². The van der Waals surface area contributed by atoms with Crippen LogP contribution in [0.5, 0.6) is 11.5 Å². The molecule has 0 aliphatic heterocycles. The molecule has 0 saturated carbocycles. The molecule has 3 rings (SSSR count). The van der Waals surface area contributed by atoms with Crippen LogP contribution in [0.25, 0.3) is 10.9 Å². The van der Waals surface area contributed by atoms with Crippen LogP contribution in [0.4, 0.5) is 0 Å². The zero-order chi connectivity index (χ0) is 15.6. The fraction of sp³-hybridized carbons (Fsp3) is 0.0625. The number of nitrogens with zero attached hydrogens (tertiary/aromatic N) is 1. The van der Waals surface area contributed by atoms with E-state index in [9.17, 15) is 8.42 Å². The maximum absolute atomic E-state index is 12.5. The highest BCUT2D eigenvalue weighted by atomic mass is 32.2. The summed E-state index contributed by atoms with van der Waals surface area (Å²) in [6.45, 7) is 0. The average Bonchev–Trinajstić information content (AvgIpc) is 2.54. The number of fused-ring (bicyclic) bond motifs is 1. The minimum absolute atomic E-state index is 0.0356. The van der Waals surface area contributed by atoms with Gasteiger partial charge in [0, 0.05) is 17.6 Å². The van der Waals surface area contributed by atoms with Gasteiger partial charge >= 0.3 is 10.1 Å². The lowest BCUT2D eigenvalue weighted by Gasteiger charge is -2.09. The molecule has 0 N–H and O–H groups in total. The van der Waals surface area contributed by atoms with Crippen LogP contribution in [-0.2, 0) is 10.1 Å². The number of para-hydroxylation sites is 1. The topological polar surface area (TPSA) is 65.5 Å². The molecule has 0 aliphatic carbocycles. The van der Waals surface area contributed by atoms with E-state index in [1.165, 1.54) is 19.2 Å². The second-order valence-corrected chi connectivity index (χ2v) is 6.06. The summed E-state index contributed by atoms with van der Waals surface area (Å²) in [7, 11) is -2.48. The van der Waals surface area contributed by atoms with Crippen LogP contribution in [0.1, 0.15) is 0 Å². The number of methoxy groups -OCH3 is 1. The van der Waals surface area contributed by atoms with Crippen LogP contribution >= 0.6 is 0 Å². The van der Waals surface area contributed by atoms with E-state index in [2.05, 4.69) is 4.98 Å². The van der Waals surface area contributed by atoms with E-state index in [4.69, 9.17) is 8.92 Å². The second-order valence-electron chi connectivity index (χ2n) is 4.55. The highest BCUT2D eigenvalue weighted by Crippen LogP contribution is 2.26. The fourth-order valence-corrected chi connectivity index (χ4v) is 3.20. The van der Waals surface area contributed by atoms with E-state index in [-0.39, 0.29) is 10.6 Å². The molecule has 0 fully saturated rings. The lowest BCUT2D eigenvalue weighted by Crippen LogP contribution is -2.10. The smallest absolute Gasteiger partial charge is 0.341 e. The molecule has 3 aromatic rings. The normalized spacial score (nSPS) is 11.3. The molecule has 0 amide bonds. The van der Waals surface area contributed by atoms with E-state index in [1.54, 1.807) is 48.7 Å². The predicted octanol–water partition coefficient (Wildman–Crippen LogP) is 3.01. The lowest BCUT2D eigenvalue weighted by molar-refractivity contribution is 0.411. The van der Waals surface area contributed by atoms with Crippen molar-refractivity contribution < 1.29 is 17.3 Å². The summed E-state index contributed by atoms with van der Waals surface area (Å²) in [5.74, 6) is 0.705. The number of hydrogen-bond acceptors (Lipinski definition) is 5. The Kier molecular flexibility index (Phi) is 3.68. The molecule has 0 radical (unpaired) electrons. The minimum atomic E-state index is -3.98. The number of rotatable bonds is 4. The minimum Gasteiger partial charge on any atom is -0.497 e. The Hall–Kier alpha value is -2.60. The molecular formula is C16H13NO4S. The summed E-state index contributed by atoms with van der Waals surface area (Å²) >= 11 is 0. The van der Waals surface area contributed by atoms with Gasteiger partial charge in [-0.2, -0.15) is 8.42 Å². The first-order valence-electron chi connectivity index (χ1n) is 6.52. The Balaban J connectivity index is 2.05. The molecule has 22 heavy (non-hydrogen) atoms. The van der Waals surface area contributed by atoms with Gasteiger partial charge in [-0.1, -0.05) is 24.3 Å². The Morgan fingerprint density at radius 2 is 1.68 bits per heavy atom. The van der Waals surface area contributed by atoms with Gasteiger partial charge in [0.25, 0.3) is 0 Å². The Morgan fingerprint density at radius 1 is 0.955 bits per heavy atom. The van der Waals surface area contributed by atoms with Gasteiger partial charge in [-0.05, 0) is 24.3 Å². The molecule has 6 heteroatoms. The first kappa shape index (κ1) is 14.3. The van der Waals surface area contributed by atoms with Crippen molar-refractivity contribution in [2.75, 3.05) is 7.11 Å². The third kappa shape index (κ3) is 2.73. The Labute approximate surface area is 128 Å². The van der Waals surface area contributed by atoms with Gasteiger partial charge in [-0.25, -0.2) is 0 Å².